The fourth-order valence-electron chi connectivity index (χ4n) is 3.50. The summed E-state index contributed by atoms with van der Waals surface area (Å²) in [5.41, 5.74) is 2.60. The number of carbonyl (C=O) groups excluding carboxylic acids is 2. The number of nitrogens with one attached hydrogen (secondary N) is 1. The molecule has 2 aliphatic heterocycles. The van der Waals surface area contributed by atoms with Gasteiger partial charge in [-0.3, -0.25) is 9.69 Å². The lowest BCUT2D eigenvalue weighted by Crippen LogP contribution is -2.45. The van der Waals surface area contributed by atoms with Gasteiger partial charge in [0, 0.05) is 30.9 Å². The van der Waals surface area contributed by atoms with Crippen molar-refractivity contribution in [2.24, 2.45) is 0 Å². The zero-order valence-electron chi connectivity index (χ0n) is 13.6. The van der Waals surface area contributed by atoms with E-state index >= 15 is 0 Å². The maximum atomic E-state index is 13.4. The Labute approximate surface area is 145 Å². The Balaban J connectivity index is 1.44. The fourth-order valence-corrected chi connectivity index (χ4v) is 3.50. The summed E-state index contributed by atoms with van der Waals surface area (Å²) in [6.07, 6.45) is 1.06. The molecular weight excluding hydrogens is 321 g/mol. The van der Waals surface area contributed by atoms with Gasteiger partial charge >= 0.3 is 6.03 Å². The first-order valence-electron chi connectivity index (χ1n) is 8.34. The highest BCUT2D eigenvalue weighted by atomic mass is 19.1. The van der Waals surface area contributed by atoms with Crippen molar-refractivity contribution in [3.05, 3.63) is 59.9 Å². The highest BCUT2D eigenvalue weighted by Gasteiger charge is 2.33. The second-order valence-electron chi connectivity index (χ2n) is 6.37. The SMILES string of the molecule is O=C1CC(NC(=O)N2CCc3ccccc32)CN1c1cccc(F)c1. The van der Waals surface area contributed by atoms with Crippen LogP contribution in [0.2, 0.25) is 0 Å². The molecule has 2 aromatic rings. The maximum Gasteiger partial charge on any atom is 0.322 e. The van der Waals surface area contributed by atoms with Gasteiger partial charge in [0.1, 0.15) is 5.82 Å². The van der Waals surface area contributed by atoms with Gasteiger partial charge in [-0.05, 0) is 36.2 Å². The summed E-state index contributed by atoms with van der Waals surface area (Å²) in [4.78, 5) is 28.1. The van der Waals surface area contributed by atoms with Crippen molar-refractivity contribution < 1.29 is 14.0 Å². The molecule has 0 spiro atoms. The zero-order chi connectivity index (χ0) is 17.4. The lowest BCUT2D eigenvalue weighted by molar-refractivity contribution is -0.117. The van der Waals surface area contributed by atoms with Crippen LogP contribution in [0.4, 0.5) is 20.6 Å². The molecule has 0 aromatic heterocycles. The fraction of sp³-hybridized carbons (Fsp3) is 0.263. The molecule has 5 nitrogen and oxygen atoms in total. The molecule has 1 saturated heterocycles. The van der Waals surface area contributed by atoms with Gasteiger partial charge in [0.25, 0.3) is 0 Å². The number of benzene rings is 2. The van der Waals surface area contributed by atoms with Crippen LogP contribution in [-0.4, -0.2) is 31.1 Å². The predicted octanol–water partition coefficient (Wildman–Crippen LogP) is 2.70. The lowest BCUT2D eigenvalue weighted by atomic mass is 10.2. The number of fused-ring (bicyclic) bond motifs is 1. The van der Waals surface area contributed by atoms with E-state index < -0.39 is 0 Å². The van der Waals surface area contributed by atoms with E-state index in [1.807, 2.05) is 24.3 Å². The molecule has 1 unspecified atom stereocenters. The molecule has 0 radical (unpaired) electrons. The van der Waals surface area contributed by atoms with Crippen LogP contribution in [0.3, 0.4) is 0 Å². The Bertz CT molecular complexity index is 839. The Morgan fingerprint density at radius 3 is 2.84 bits per heavy atom. The zero-order valence-corrected chi connectivity index (χ0v) is 13.6. The number of hydrogen-bond acceptors (Lipinski definition) is 2. The van der Waals surface area contributed by atoms with Crippen LogP contribution in [0.5, 0.6) is 0 Å². The van der Waals surface area contributed by atoms with Crippen molar-refractivity contribution >= 4 is 23.3 Å². The quantitative estimate of drug-likeness (QED) is 0.915. The third-order valence-electron chi connectivity index (χ3n) is 4.70. The molecule has 1 N–H and O–H groups in total. The van der Waals surface area contributed by atoms with E-state index in [0.29, 0.717) is 18.8 Å². The summed E-state index contributed by atoms with van der Waals surface area (Å²) in [5, 5.41) is 2.94. The van der Waals surface area contributed by atoms with Gasteiger partial charge in [-0.15, -0.1) is 0 Å². The van der Waals surface area contributed by atoms with Crippen LogP contribution >= 0.6 is 0 Å². The van der Waals surface area contributed by atoms with E-state index in [0.717, 1.165) is 17.7 Å². The van der Waals surface area contributed by atoms with E-state index in [1.165, 1.54) is 17.0 Å². The van der Waals surface area contributed by atoms with Crippen molar-refractivity contribution in [3.63, 3.8) is 0 Å². The maximum absolute atomic E-state index is 13.4. The molecule has 6 heteroatoms. The normalized spacial score (nSPS) is 19.2. The first-order chi connectivity index (χ1) is 12.1. The number of carbonyl (C=O) groups is 2. The van der Waals surface area contributed by atoms with Crippen LogP contribution in [0.25, 0.3) is 0 Å². The topological polar surface area (TPSA) is 52.7 Å². The van der Waals surface area contributed by atoms with Crippen molar-refractivity contribution in [2.45, 2.75) is 18.9 Å². The van der Waals surface area contributed by atoms with Crippen molar-refractivity contribution in [3.8, 4) is 0 Å². The van der Waals surface area contributed by atoms with Gasteiger partial charge in [0.05, 0.1) is 6.04 Å². The second-order valence-corrected chi connectivity index (χ2v) is 6.37. The summed E-state index contributed by atoms with van der Waals surface area (Å²) in [6, 6.07) is 13.3. The van der Waals surface area contributed by atoms with Crippen molar-refractivity contribution in [2.75, 3.05) is 22.9 Å². The standard InChI is InChI=1S/C19H18FN3O2/c20-14-5-3-6-16(10-14)23-12-15(11-18(23)24)21-19(25)22-9-8-13-4-1-2-7-17(13)22/h1-7,10,15H,8-9,11-12H2,(H,21,25). The smallest absolute Gasteiger partial charge is 0.322 e. The molecule has 0 aliphatic carbocycles. The summed E-state index contributed by atoms with van der Waals surface area (Å²) in [6.45, 7) is 0.989. The van der Waals surface area contributed by atoms with E-state index in [-0.39, 0.29) is 30.2 Å². The summed E-state index contributed by atoms with van der Waals surface area (Å²) < 4.78 is 13.4. The molecule has 128 valence electrons. The van der Waals surface area contributed by atoms with E-state index in [4.69, 9.17) is 0 Å². The van der Waals surface area contributed by atoms with Crippen LogP contribution in [-0.2, 0) is 11.2 Å². The van der Waals surface area contributed by atoms with Gasteiger partial charge in [-0.1, -0.05) is 24.3 Å². The number of hydrogen-bond donors (Lipinski definition) is 1. The minimum Gasteiger partial charge on any atom is -0.333 e. The molecule has 1 atom stereocenters. The Kier molecular flexibility index (Phi) is 3.87. The van der Waals surface area contributed by atoms with Crippen LogP contribution < -0.4 is 15.1 Å². The molecule has 3 amide bonds. The number of amides is 3. The summed E-state index contributed by atoms with van der Waals surface area (Å²) >= 11 is 0. The number of anilines is 2. The third-order valence-corrected chi connectivity index (χ3v) is 4.70. The van der Waals surface area contributed by atoms with Gasteiger partial charge in [-0.2, -0.15) is 0 Å². The minimum absolute atomic E-state index is 0.113. The van der Waals surface area contributed by atoms with Crippen molar-refractivity contribution in [1.82, 2.24) is 5.32 Å². The highest BCUT2D eigenvalue weighted by Crippen LogP contribution is 2.28. The Morgan fingerprint density at radius 1 is 1.16 bits per heavy atom. The molecule has 2 heterocycles. The molecule has 1 fully saturated rings. The molecule has 2 aromatic carbocycles. The highest BCUT2D eigenvalue weighted by molar-refractivity contribution is 5.98. The predicted molar refractivity (Wildman–Crippen MR) is 93.2 cm³/mol. The summed E-state index contributed by atoms with van der Waals surface area (Å²) in [7, 11) is 0. The monoisotopic (exact) mass is 339 g/mol. The average molecular weight is 339 g/mol. The average Bonchev–Trinajstić information content (AvgIpc) is 3.18. The van der Waals surface area contributed by atoms with Crippen LogP contribution in [0, 0.1) is 5.82 Å². The second kappa shape index (κ2) is 6.20. The number of urea groups is 1. The molecular formula is C19H18FN3O2. The first-order valence-corrected chi connectivity index (χ1v) is 8.34. The number of nitrogens with zero attached hydrogens (tertiary/aromatic N) is 2. The van der Waals surface area contributed by atoms with Gasteiger partial charge < -0.3 is 10.2 Å². The largest absolute Gasteiger partial charge is 0.333 e. The molecule has 4 rings (SSSR count). The molecule has 0 bridgehead atoms. The van der Waals surface area contributed by atoms with Crippen LogP contribution in [0.15, 0.2) is 48.5 Å². The number of halogens is 1. The Hall–Kier alpha value is -2.89. The van der Waals surface area contributed by atoms with E-state index in [9.17, 15) is 14.0 Å². The van der Waals surface area contributed by atoms with Gasteiger partial charge in [0.2, 0.25) is 5.91 Å². The van der Waals surface area contributed by atoms with E-state index in [1.54, 1.807) is 17.0 Å². The van der Waals surface area contributed by atoms with E-state index in [2.05, 4.69) is 5.32 Å². The van der Waals surface area contributed by atoms with Gasteiger partial charge in [0.15, 0.2) is 0 Å². The third kappa shape index (κ3) is 2.95. The minimum atomic E-state index is -0.383. The Morgan fingerprint density at radius 2 is 2.00 bits per heavy atom. The summed E-state index contributed by atoms with van der Waals surface area (Å²) in [5.74, 6) is -0.496. The lowest BCUT2D eigenvalue weighted by Gasteiger charge is -2.21. The molecule has 2 aliphatic rings. The van der Waals surface area contributed by atoms with Crippen molar-refractivity contribution in [1.29, 1.82) is 0 Å². The molecule has 25 heavy (non-hydrogen) atoms. The van der Waals surface area contributed by atoms with Crippen LogP contribution in [0.1, 0.15) is 12.0 Å². The molecule has 0 saturated carbocycles. The van der Waals surface area contributed by atoms with Gasteiger partial charge in [-0.25, -0.2) is 9.18 Å². The number of rotatable bonds is 2. The number of para-hydroxylation sites is 1. The first kappa shape index (κ1) is 15.6.